The van der Waals surface area contributed by atoms with Crippen LogP contribution in [0.1, 0.15) is 25.0 Å². The number of nitrogens with zero attached hydrogens (tertiary/aromatic N) is 1. The van der Waals surface area contributed by atoms with Crippen LogP contribution in [0.5, 0.6) is 5.75 Å². The van der Waals surface area contributed by atoms with Crippen molar-refractivity contribution in [3.05, 3.63) is 52.5 Å². The van der Waals surface area contributed by atoms with Crippen molar-refractivity contribution in [2.24, 2.45) is 4.99 Å². The number of hydrogen-bond donors (Lipinski definition) is 1. The Balaban J connectivity index is 2.25. The Bertz CT molecular complexity index is 706. The number of halogens is 1. The van der Waals surface area contributed by atoms with Gasteiger partial charge in [-0.3, -0.25) is 4.99 Å². The summed E-state index contributed by atoms with van der Waals surface area (Å²) in [5, 5.41) is 10.9. The lowest BCUT2D eigenvalue weighted by Gasteiger charge is -2.23. The number of hydrogen-bond acceptors (Lipinski definition) is 2. The van der Waals surface area contributed by atoms with E-state index >= 15 is 0 Å². The molecule has 1 aliphatic heterocycles. The van der Waals surface area contributed by atoms with Gasteiger partial charge in [0, 0.05) is 16.3 Å². The summed E-state index contributed by atoms with van der Waals surface area (Å²) in [5.74, 6) is 0.305. The average molecular weight is 286 g/mol. The summed E-state index contributed by atoms with van der Waals surface area (Å²) in [6.07, 6.45) is 0.836. The molecule has 1 N–H and O–H groups in total. The van der Waals surface area contributed by atoms with Crippen molar-refractivity contribution in [1.29, 1.82) is 0 Å². The summed E-state index contributed by atoms with van der Waals surface area (Å²) in [6.45, 7) is 4.05. The number of fused-ring (bicyclic) bond motifs is 1. The van der Waals surface area contributed by atoms with E-state index < -0.39 is 0 Å². The molecule has 2 nitrogen and oxygen atoms in total. The summed E-state index contributed by atoms with van der Waals surface area (Å²) in [7, 11) is 0. The Labute approximate surface area is 123 Å². The van der Waals surface area contributed by atoms with E-state index in [4.69, 9.17) is 11.6 Å². The fourth-order valence-corrected chi connectivity index (χ4v) is 3.10. The first kappa shape index (κ1) is 13.2. The zero-order valence-electron chi connectivity index (χ0n) is 11.5. The molecule has 0 radical (unpaired) electrons. The molecular weight excluding hydrogens is 270 g/mol. The van der Waals surface area contributed by atoms with E-state index in [0.29, 0.717) is 5.75 Å². The summed E-state index contributed by atoms with van der Waals surface area (Å²) in [6, 6.07) is 11.8. The highest BCUT2D eigenvalue weighted by atomic mass is 35.5. The second-order valence-corrected chi connectivity index (χ2v) is 5.70. The maximum Gasteiger partial charge on any atom is 0.124 e. The van der Waals surface area contributed by atoms with Gasteiger partial charge in [0.1, 0.15) is 5.75 Å². The molecule has 102 valence electrons. The monoisotopic (exact) mass is 285 g/mol. The van der Waals surface area contributed by atoms with Gasteiger partial charge in [0.05, 0.1) is 6.04 Å². The molecule has 0 unspecified atom stereocenters. The highest BCUT2D eigenvalue weighted by molar-refractivity contribution is 6.30. The molecule has 0 saturated heterocycles. The number of aromatic hydroxyl groups is 1. The van der Waals surface area contributed by atoms with Crippen molar-refractivity contribution >= 4 is 17.3 Å². The zero-order valence-corrected chi connectivity index (χ0v) is 12.3. The van der Waals surface area contributed by atoms with Gasteiger partial charge < -0.3 is 5.11 Å². The van der Waals surface area contributed by atoms with Gasteiger partial charge in [-0.05, 0) is 55.2 Å². The van der Waals surface area contributed by atoms with Crippen molar-refractivity contribution < 1.29 is 5.11 Å². The third kappa shape index (κ3) is 2.20. The van der Waals surface area contributed by atoms with Crippen LogP contribution in [0.4, 0.5) is 0 Å². The van der Waals surface area contributed by atoms with Gasteiger partial charge in [0.25, 0.3) is 0 Å². The Kier molecular flexibility index (Phi) is 3.27. The predicted octanol–water partition coefficient (Wildman–Crippen LogP) is 4.47. The first-order valence-electron chi connectivity index (χ1n) is 6.72. The van der Waals surface area contributed by atoms with Gasteiger partial charge in [0.2, 0.25) is 0 Å². The van der Waals surface area contributed by atoms with Crippen molar-refractivity contribution in [3.63, 3.8) is 0 Å². The van der Waals surface area contributed by atoms with Gasteiger partial charge >= 0.3 is 0 Å². The molecule has 0 aliphatic carbocycles. The number of phenols is 1. The van der Waals surface area contributed by atoms with Gasteiger partial charge in [-0.15, -0.1) is 0 Å². The minimum Gasteiger partial charge on any atom is -0.507 e. The molecule has 1 heterocycles. The normalized spacial score (nSPS) is 17.6. The molecule has 0 saturated carbocycles. The van der Waals surface area contributed by atoms with Crippen molar-refractivity contribution in [2.45, 2.75) is 26.3 Å². The van der Waals surface area contributed by atoms with Crippen LogP contribution in [0.3, 0.4) is 0 Å². The fourth-order valence-electron chi connectivity index (χ4n) is 2.91. The molecule has 1 atom stereocenters. The maximum atomic E-state index is 10.1. The Hall–Kier alpha value is -1.80. The van der Waals surface area contributed by atoms with Crippen molar-refractivity contribution in [1.82, 2.24) is 0 Å². The number of aliphatic imine (C=N–C) groups is 1. The second-order valence-electron chi connectivity index (χ2n) is 5.26. The van der Waals surface area contributed by atoms with Crippen molar-refractivity contribution in [3.8, 4) is 16.9 Å². The summed E-state index contributed by atoms with van der Waals surface area (Å²) < 4.78 is 0. The smallest absolute Gasteiger partial charge is 0.124 e. The van der Waals surface area contributed by atoms with Crippen LogP contribution in [0.15, 0.2) is 41.4 Å². The summed E-state index contributed by atoms with van der Waals surface area (Å²) in [4.78, 5) is 4.57. The predicted molar refractivity (Wildman–Crippen MR) is 83.9 cm³/mol. The average Bonchev–Trinajstić information content (AvgIpc) is 2.38. The molecule has 0 bridgehead atoms. The van der Waals surface area contributed by atoms with Gasteiger partial charge in [-0.2, -0.15) is 0 Å². The number of phenolic OH excluding ortho intramolecular Hbond substituents is 1. The fraction of sp³-hybridized carbons (Fsp3) is 0.235. The van der Waals surface area contributed by atoms with Crippen LogP contribution >= 0.6 is 11.6 Å². The summed E-state index contributed by atoms with van der Waals surface area (Å²) in [5.41, 5.74) is 5.14. The standard InChI is InChI=1S/C17H16ClNO/c1-10-8-15-14(12-4-3-5-13(18)9-12)6-7-16(20)17(15)11(2)19-10/h3-7,9-10,20H,8H2,1-2H3/t10-/m1/s1. The summed E-state index contributed by atoms with van der Waals surface area (Å²) >= 11 is 6.09. The Morgan fingerprint density at radius 1 is 1.25 bits per heavy atom. The van der Waals surface area contributed by atoms with E-state index in [1.165, 1.54) is 0 Å². The first-order chi connectivity index (χ1) is 9.56. The molecule has 0 aromatic heterocycles. The SMILES string of the molecule is CC1=N[C@H](C)Cc2c(-c3cccc(Cl)c3)ccc(O)c21. The maximum absolute atomic E-state index is 10.1. The van der Waals surface area contributed by atoms with E-state index in [2.05, 4.69) is 11.9 Å². The molecular formula is C17H16ClNO. The van der Waals surface area contributed by atoms with E-state index in [-0.39, 0.29) is 6.04 Å². The largest absolute Gasteiger partial charge is 0.507 e. The van der Waals surface area contributed by atoms with Gasteiger partial charge in [-0.25, -0.2) is 0 Å². The quantitative estimate of drug-likeness (QED) is 0.824. The minimum absolute atomic E-state index is 0.238. The Morgan fingerprint density at radius 3 is 2.80 bits per heavy atom. The molecule has 2 aromatic carbocycles. The van der Waals surface area contributed by atoms with Gasteiger partial charge in [0.15, 0.2) is 0 Å². The van der Waals surface area contributed by atoms with E-state index in [1.54, 1.807) is 6.07 Å². The molecule has 0 fully saturated rings. The van der Waals surface area contributed by atoms with Crippen LogP contribution in [-0.4, -0.2) is 16.9 Å². The Morgan fingerprint density at radius 2 is 2.05 bits per heavy atom. The number of rotatable bonds is 1. The van der Waals surface area contributed by atoms with Crippen molar-refractivity contribution in [2.75, 3.05) is 0 Å². The lowest BCUT2D eigenvalue weighted by Crippen LogP contribution is -2.17. The topological polar surface area (TPSA) is 32.6 Å². The van der Waals surface area contributed by atoms with Crippen LogP contribution in [0.2, 0.25) is 5.02 Å². The molecule has 3 heteroatoms. The molecule has 0 amide bonds. The molecule has 0 spiro atoms. The van der Waals surface area contributed by atoms with E-state index in [1.807, 2.05) is 37.3 Å². The molecule has 1 aliphatic rings. The van der Waals surface area contributed by atoms with E-state index in [9.17, 15) is 5.11 Å². The van der Waals surface area contributed by atoms with E-state index in [0.717, 1.165) is 39.4 Å². The second kappa shape index (κ2) is 4.95. The third-order valence-electron chi connectivity index (χ3n) is 3.70. The number of benzene rings is 2. The highest BCUT2D eigenvalue weighted by Gasteiger charge is 2.22. The van der Waals surface area contributed by atoms with Crippen LogP contribution in [0.25, 0.3) is 11.1 Å². The molecule has 2 aromatic rings. The molecule has 3 rings (SSSR count). The van der Waals surface area contributed by atoms with Gasteiger partial charge in [-0.1, -0.05) is 29.8 Å². The third-order valence-corrected chi connectivity index (χ3v) is 3.94. The van der Waals surface area contributed by atoms with Crippen LogP contribution in [0, 0.1) is 0 Å². The lowest BCUT2D eigenvalue weighted by molar-refractivity contribution is 0.472. The molecule has 20 heavy (non-hydrogen) atoms. The van der Waals surface area contributed by atoms with Crippen LogP contribution < -0.4 is 0 Å². The first-order valence-corrected chi connectivity index (χ1v) is 7.09. The lowest BCUT2D eigenvalue weighted by atomic mass is 9.87. The highest BCUT2D eigenvalue weighted by Crippen LogP contribution is 2.36. The zero-order chi connectivity index (χ0) is 14.3. The van der Waals surface area contributed by atoms with Crippen LogP contribution in [-0.2, 0) is 6.42 Å². The minimum atomic E-state index is 0.238.